The van der Waals surface area contributed by atoms with E-state index in [0.29, 0.717) is 22.7 Å². The molecule has 13 heteroatoms. The van der Waals surface area contributed by atoms with Crippen LogP contribution in [0.3, 0.4) is 0 Å². The lowest BCUT2D eigenvalue weighted by Crippen LogP contribution is -2.42. The van der Waals surface area contributed by atoms with Crippen molar-refractivity contribution in [3.63, 3.8) is 0 Å². The predicted octanol–water partition coefficient (Wildman–Crippen LogP) is 5.00. The molecular weight excluding hydrogens is 656 g/mol. The number of aromatic amines is 1. The van der Waals surface area contributed by atoms with E-state index in [1.165, 1.54) is 6.20 Å². The first-order valence-electron chi connectivity index (χ1n) is 15.9. The molecule has 0 amide bonds. The molecule has 256 valence electrons. The summed E-state index contributed by atoms with van der Waals surface area (Å²) in [6.45, 7) is -0.410. The molecule has 1 N–H and O–H groups in total. The normalized spacial score (nSPS) is 18.2. The van der Waals surface area contributed by atoms with Gasteiger partial charge in [-0.25, -0.2) is 24.2 Å². The minimum atomic E-state index is -1.40. The number of nitrogens with zero attached hydrogens (tertiary/aromatic N) is 3. The summed E-state index contributed by atoms with van der Waals surface area (Å²) in [4.78, 5) is 65.3. The van der Waals surface area contributed by atoms with Gasteiger partial charge in [-0.05, 0) is 60.7 Å². The van der Waals surface area contributed by atoms with Gasteiger partial charge in [0.05, 0.1) is 23.8 Å². The number of rotatable bonds is 10. The molecule has 0 aliphatic carbocycles. The summed E-state index contributed by atoms with van der Waals surface area (Å²) >= 11 is 0. The summed E-state index contributed by atoms with van der Waals surface area (Å²) in [5.74, 6) is -1.06. The quantitative estimate of drug-likeness (QED) is 0.153. The van der Waals surface area contributed by atoms with E-state index in [0.717, 1.165) is 4.57 Å². The number of carbonyl (C=O) groups is 3. The highest BCUT2D eigenvalue weighted by atomic mass is 16.7. The maximum atomic E-state index is 13.6. The average Bonchev–Trinajstić information content (AvgIpc) is 3.74. The number of imidazole rings is 1. The molecular formula is C38H30N4O9. The molecule has 4 atom stereocenters. The first kappa shape index (κ1) is 32.9. The number of aromatic nitrogens is 4. The van der Waals surface area contributed by atoms with Crippen molar-refractivity contribution in [3.8, 4) is 17.1 Å². The Balaban J connectivity index is 1.27. The van der Waals surface area contributed by atoms with Crippen molar-refractivity contribution >= 4 is 29.1 Å². The number of H-pyrrole nitrogens is 1. The van der Waals surface area contributed by atoms with Crippen molar-refractivity contribution in [2.24, 2.45) is 0 Å². The number of nitrogens with one attached hydrogen (secondary N) is 1. The molecule has 0 radical (unpaired) electrons. The van der Waals surface area contributed by atoms with Crippen molar-refractivity contribution < 1.29 is 38.1 Å². The second kappa shape index (κ2) is 14.5. The molecule has 1 saturated heterocycles. The maximum Gasteiger partial charge on any atom is 0.351 e. The molecule has 0 unspecified atom stereocenters. The molecule has 3 heterocycles. The van der Waals surface area contributed by atoms with E-state index in [9.17, 15) is 19.2 Å². The zero-order chi connectivity index (χ0) is 35.3. The Morgan fingerprint density at radius 3 is 1.84 bits per heavy atom. The molecule has 1 aliphatic rings. The van der Waals surface area contributed by atoms with Crippen molar-refractivity contribution in [1.29, 1.82) is 0 Å². The first-order valence-corrected chi connectivity index (χ1v) is 15.9. The lowest BCUT2D eigenvalue weighted by molar-refractivity contribution is -0.0637. The van der Waals surface area contributed by atoms with E-state index in [4.69, 9.17) is 23.7 Å². The molecule has 1 fully saturated rings. The fourth-order valence-corrected chi connectivity index (χ4v) is 5.64. The van der Waals surface area contributed by atoms with E-state index in [-0.39, 0.29) is 22.3 Å². The number of ether oxygens (including phenoxy) is 5. The highest BCUT2D eigenvalue weighted by molar-refractivity contribution is 5.91. The minimum absolute atomic E-state index is 0.137. The Morgan fingerprint density at radius 1 is 0.725 bits per heavy atom. The molecule has 4 aromatic carbocycles. The van der Waals surface area contributed by atoms with E-state index >= 15 is 0 Å². The third-order valence-electron chi connectivity index (χ3n) is 8.22. The molecule has 0 saturated carbocycles. The third-order valence-corrected chi connectivity index (χ3v) is 8.22. The van der Waals surface area contributed by atoms with Crippen LogP contribution in [0.25, 0.3) is 22.6 Å². The van der Waals surface area contributed by atoms with Crippen LogP contribution in [0.5, 0.6) is 5.75 Å². The number of benzene rings is 4. The van der Waals surface area contributed by atoms with Gasteiger partial charge in [0.15, 0.2) is 24.1 Å². The first-order chi connectivity index (χ1) is 24.9. The van der Waals surface area contributed by atoms with Gasteiger partial charge in [-0.2, -0.15) is 4.98 Å². The maximum absolute atomic E-state index is 13.6. The van der Waals surface area contributed by atoms with Gasteiger partial charge in [0.25, 0.3) is 0 Å². The Hall–Kier alpha value is -6.60. The highest BCUT2D eigenvalue weighted by Gasteiger charge is 2.52. The second-order valence-corrected chi connectivity index (χ2v) is 11.5. The van der Waals surface area contributed by atoms with Crippen LogP contribution in [0.1, 0.15) is 37.3 Å². The molecule has 1 aliphatic heterocycles. The van der Waals surface area contributed by atoms with Crippen LogP contribution < -0.4 is 10.4 Å². The largest absolute Gasteiger partial charge is 0.497 e. The number of methoxy groups -OCH3 is 1. The zero-order valence-electron chi connectivity index (χ0n) is 27.1. The van der Waals surface area contributed by atoms with Crippen LogP contribution in [0.4, 0.5) is 0 Å². The van der Waals surface area contributed by atoms with E-state index in [2.05, 4.69) is 15.0 Å². The van der Waals surface area contributed by atoms with E-state index < -0.39 is 54.7 Å². The van der Waals surface area contributed by atoms with Crippen molar-refractivity contribution in [2.75, 3.05) is 13.7 Å². The van der Waals surface area contributed by atoms with E-state index in [1.807, 2.05) is 0 Å². The molecule has 7 rings (SSSR count). The van der Waals surface area contributed by atoms with Crippen LogP contribution in [-0.4, -0.2) is 69.5 Å². The Kier molecular flexibility index (Phi) is 9.35. The van der Waals surface area contributed by atoms with Crippen LogP contribution in [0.2, 0.25) is 0 Å². The third kappa shape index (κ3) is 7.09. The van der Waals surface area contributed by atoms with Gasteiger partial charge in [-0.3, -0.25) is 4.57 Å². The van der Waals surface area contributed by atoms with Gasteiger partial charge < -0.3 is 28.7 Å². The number of hydrogen-bond acceptors (Lipinski definition) is 11. The van der Waals surface area contributed by atoms with Crippen LogP contribution in [0.15, 0.2) is 126 Å². The van der Waals surface area contributed by atoms with Crippen LogP contribution in [-0.2, 0) is 18.9 Å². The monoisotopic (exact) mass is 686 g/mol. The molecule has 51 heavy (non-hydrogen) atoms. The summed E-state index contributed by atoms with van der Waals surface area (Å²) in [7, 11) is 1.56. The summed E-state index contributed by atoms with van der Waals surface area (Å²) in [6, 6.07) is 31.8. The zero-order valence-corrected chi connectivity index (χ0v) is 27.1. The van der Waals surface area contributed by atoms with Crippen molar-refractivity contribution in [1.82, 2.24) is 19.5 Å². The molecule has 13 nitrogen and oxygen atoms in total. The smallest absolute Gasteiger partial charge is 0.351 e. The fourth-order valence-electron chi connectivity index (χ4n) is 5.64. The number of esters is 3. The number of carbonyl (C=O) groups excluding carboxylic acids is 3. The molecule has 0 spiro atoms. The molecule has 2 aromatic heterocycles. The summed E-state index contributed by atoms with van der Waals surface area (Å²) in [5.41, 5.74) is 1.16. The van der Waals surface area contributed by atoms with Gasteiger partial charge in [-0.1, -0.05) is 54.6 Å². The topological polar surface area (TPSA) is 161 Å². The fraction of sp³-hybridized carbons (Fsp3) is 0.158. The van der Waals surface area contributed by atoms with Crippen LogP contribution in [0, 0.1) is 0 Å². The van der Waals surface area contributed by atoms with Crippen LogP contribution >= 0.6 is 0 Å². The number of fused-ring (bicyclic) bond motifs is 1. The second-order valence-electron chi connectivity index (χ2n) is 11.5. The average molecular weight is 687 g/mol. The summed E-state index contributed by atoms with van der Waals surface area (Å²) in [6.07, 6.45) is -3.84. The van der Waals surface area contributed by atoms with Crippen molar-refractivity contribution in [3.05, 3.63) is 149 Å². The SMILES string of the molecule is COc1ccc(-c2nc3nc(=O)n([C@@H]4O[C@H](COC(=O)c5ccccc5)[C@@H](OC(=O)c5ccccc5)[C@H]4OC(=O)c4ccccc4)cc3[nH]2)cc1. The standard InChI is InChI=1S/C38H30N4O9/c1-47-27-19-17-23(18-20-27)32-39-28-21-42(38(46)41-33(28)40-32)34-31(51-37(45)26-15-9-4-10-16-26)30(50-36(44)25-13-7-3-8-14-25)29(49-34)22-48-35(43)24-11-5-2-6-12-24/h2-21,29-31,34H,22H2,1H3,(H,39,40,41,46)/t29-,30-,31-,34-/m1/s1. The number of hydrogen-bond donors (Lipinski definition) is 1. The predicted molar refractivity (Wildman–Crippen MR) is 182 cm³/mol. The van der Waals surface area contributed by atoms with Gasteiger partial charge in [0.2, 0.25) is 0 Å². The van der Waals surface area contributed by atoms with Gasteiger partial charge in [0.1, 0.15) is 29.8 Å². The van der Waals surface area contributed by atoms with E-state index in [1.54, 1.807) is 122 Å². The Labute approximate surface area is 290 Å². The Bertz CT molecular complexity index is 2220. The van der Waals surface area contributed by atoms with Gasteiger partial charge >= 0.3 is 23.6 Å². The molecule has 6 aromatic rings. The Morgan fingerprint density at radius 2 is 1.27 bits per heavy atom. The highest BCUT2D eigenvalue weighted by Crippen LogP contribution is 2.35. The molecule has 0 bridgehead atoms. The summed E-state index contributed by atoms with van der Waals surface area (Å²) in [5, 5.41) is 0. The van der Waals surface area contributed by atoms with Gasteiger partial charge in [0, 0.05) is 11.8 Å². The summed E-state index contributed by atoms with van der Waals surface area (Å²) < 4.78 is 30.2. The minimum Gasteiger partial charge on any atom is -0.497 e. The lowest BCUT2D eigenvalue weighted by Gasteiger charge is -2.25. The van der Waals surface area contributed by atoms with Crippen molar-refractivity contribution in [2.45, 2.75) is 24.5 Å². The van der Waals surface area contributed by atoms with Gasteiger partial charge in [-0.15, -0.1) is 0 Å². The lowest BCUT2D eigenvalue weighted by atomic mass is 10.1.